The molecule has 1 N–H and O–H groups in total. The van der Waals surface area contributed by atoms with Crippen molar-refractivity contribution >= 4 is 42.5 Å². The van der Waals surface area contributed by atoms with Crippen LogP contribution < -0.4 is 5.32 Å². The van der Waals surface area contributed by atoms with Crippen LogP contribution in [0.4, 0.5) is 0 Å². The van der Waals surface area contributed by atoms with Crippen molar-refractivity contribution < 1.29 is 4.79 Å². The first-order chi connectivity index (χ1) is 8.25. The first-order valence-electron chi connectivity index (χ1n) is 6.61. The summed E-state index contributed by atoms with van der Waals surface area (Å²) in [7, 11) is 0. The summed E-state index contributed by atoms with van der Waals surface area (Å²) in [5, 5.41) is 3.29. The molecule has 0 radical (unpaired) electrons. The van der Waals surface area contributed by atoms with Crippen LogP contribution in [0.15, 0.2) is 0 Å². The Morgan fingerprint density at radius 2 is 2.11 bits per heavy atom. The first kappa shape index (κ1) is 17.4. The molecule has 3 heterocycles. The summed E-state index contributed by atoms with van der Waals surface area (Å²) in [6, 6.07) is 1.07. The van der Waals surface area contributed by atoms with Crippen molar-refractivity contribution in [3.8, 4) is 0 Å². The molecule has 0 aromatic carbocycles. The molecule has 19 heavy (non-hydrogen) atoms. The van der Waals surface area contributed by atoms with E-state index in [0.717, 1.165) is 24.7 Å². The Bertz CT molecular complexity index is 315. The number of carbonyl (C=O) groups excluding carboxylic acids is 1. The Morgan fingerprint density at radius 3 is 2.79 bits per heavy atom. The van der Waals surface area contributed by atoms with Gasteiger partial charge in [0.2, 0.25) is 5.91 Å². The van der Waals surface area contributed by atoms with Crippen molar-refractivity contribution in [2.45, 2.75) is 37.9 Å². The lowest BCUT2D eigenvalue weighted by Gasteiger charge is -2.43. The number of rotatable bonds is 1. The number of halogens is 2. The summed E-state index contributed by atoms with van der Waals surface area (Å²) in [4.78, 5) is 17.1. The number of thioether (sulfide) groups is 1. The molecule has 3 atom stereocenters. The van der Waals surface area contributed by atoms with Crippen molar-refractivity contribution in [1.82, 2.24) is 15.1 Å². The molecule has 7 heteroatoms. The molecular weight excluding hydrogens is 305 g/mol. The van der Waals surface area contributed by atoms with E-state index < -0.39 is 0 Å². The second-order valence-corrected chi connectivity index (χ2v) is 6.43. The molecule has 0 spiro atoms. The van der Waals surface area contributed by atoms with Crippen molar-refractivity contribution in [3.05, 3.63) is 0 Å². The Hall–Kier alpha value is 0.320. The highest BCUT2D eigenvalue weighted by Crippen LogP contribution is 2.25. The lowest BCUT2D eigenvalue weighted by molar-refractivity contribution is -0.138. The topological polar surface area (TPSA) is 35.6 Å². The predicted molar refractivity (Wildman–Crippen MR) is 84.5 cm³/mol. The van der Waals surface area contributed by atoms with E-state index in [4.69, 9.17) is 0 Å². The Morgan fingerprint density at radius 1 is 1.32 bits per heavy atom. The second kappa shape index (κ2) is 7.36. The van der Waals surface area contributed by atoms with Gasteiger partial charge in [-0.1, -0.05) is 0 Å². The normalized spacial score (nSPS) is 34.4. The van der Waals surface area contributed by atoms with Gasteiger partial charge in [0.05, 0.1) is 6.04 Å². The third kappa shape index (κ3) is 3.50. The lowest BCUT2D eigenvalue weighted by Crippen LogP contribution is -2.60. The minimum Gasteiger partial charge on any atom is -0.336 e. The molecule has 3 aliphatic rings. The molecule has 112 valence electrons. The zero-order valence-corrected chi connectivity index (χ0v) is 13.7. The Labute approximate surface area is 131 Å². The van der Waals surface area contributed by atoms with Crippen LogP contribution in [0.1, 0.15) is 19.8 Å². The fourth-order valence-corrected chi connectivity index (χ4v) is 4.18. The number of nitrogens with one attached hydrogen (secondary N) is 1. The summed E-state index contributed by atoms with van der Waals surface area (Å²) in [6.45, 7) is 5.43. The second-order valence-electron chi connectivity index (χ2n) is 5.40. The van der Waals surface area contributed by atoms with Crippen LogP contribution in [0, 0.1) is 0 Å². The molecule has 1 amide bonds. The maximum absolute atomic E-state index is 12.4. The zero-order valence-electron chi connectivity index (χ0n) is 11.2. The SMILES string of the molecule is CC1CN2CCCC2CN1C(=O)C1CSCN1.Cl.Cl. The van der Waals surface area contributed by atoms with Gasteiger partial charge in [-0.05, 0) is 26.3 Å². The average molecular weight is 328 g/mol. The quantitative estimate of drug-likeness (QED) is 0.784. The number of hydrogen-bond donors (Lipinski definition) is 1. The van der Waals surface area contributed by atoms with Gasteiger partial charge in [0, 0.05) is 36.8 Å². The van der Waals surface area contributed by atoms with Gasteiger partial charge in [-0.25, -0.2) is 0 Å². The smallest absolute Gasteiger partial charge is 0.240 e. The highest BCUT2D eigenvalue weighted by atomic mass is 35.5. The van der Waals surface area contributed by atoms with Gasteiger partial charge in [0.1, 0.15) is 0 Å². The lowest BCUT2D eigenvalue weighted by atomic mass is 10.1. The van der Waals surface area contributed by atoms with E-state index in [1.165, 1.54) is 19.4 Å². The van der Waals surface area contributed by atoms with Crippen LogP contribution in [0.3, 0.4) is 0 Å². The van der Waals surface area contributed by atoms with Gasteiger partial charge >= 0.3 is 0 Å². The molecule has 4 nitrogen and oxygen atoms in total. The zero-order chi connectivity index (χ0) is 11.8. The van der Waals surface area contributed by atoms with E-state index in [1.807, 2.05) is 11.8 Å². The number of fused-ring (bicyclic) bond motifs is 1. The fraction of sp³-hybridized carbons (Fsp3) is 0.917. The summed E-state index contributed by atoms with van der Waals surface area (Å²) in [6.07, 6.45) is 2.57. The van der Waals surface area contributed by atoms with Crippen molar-refractivity contribution in [2.24, 2.45) is 0 Å². The molecule has 3 unspecified atom stereocenters. The van der Waals surface area contributed by atoms with Gasteiger partial charge < -0.3 is 4.90 Å². The molecule has 0 aliphatic carbocycles. The van der Waals surface area contributed by atoms with E-state index in [9.17, 15) is 4.79 Å². The van der Waals surface area contributed by atoms with Gasteiger partial charge in [0.15, 0.2) is 0 Å². The minimum atomic E-state index is 0. The summed E-state index contributed by atoms with van der Waals surface area (Å²) >= 11 is 1.83. The van der Waals surface area contributed by atoms with Crippen molar-refractivity contribution in [2.75, 3.05) is 31.3 Å². The number of piperazine rings is 1. The molecule has 0 bridgehead atoms. The van der Waals surface area contributed by atoms with Gasteiger partial charge in [-0.3, -0.25) is 15.0 Å². The van der Waals surface area contributed by atoms with Crippen molar-refractivity contribution in [1.29, 1.82) is 0 Å². The third-order valence-electron chi connectivity index (χ3n) is 4.23. The number of carbonyl (C=O) groups is 1. The summed E-state index contributed by atoms with van der Waals surface area (Å²) in [5.41, 5.74) is 0. The molecule has 0 aromatic heterocycles. The molecule has 3 aliphatic heterocycles. The van der Waals surface area contributed by atoms with Crippen LogP contribution in [-0.4, -0.2) is 65.1 Å². The van der Waals surface area contributed by atoms with E-state index in [-0.39, 0.29) is 30.9 Å². The predicted octanol–water partition coefficient (Wildman–Crippen LogP) is 1.19. The molecule has 3 saturated heterocycles. The van der Waals surface area contributed by atoms with Gasteiger partial charge in [-0.15, -0.1) is 36.6 Å². The van der Waals surface area contributed by atoms with Crippen LogP contribution in [-0.2, 0) is 4.79 Å². The summed E-state index contributed by atoms with van der Waals surface area (Å²) < 4.78 is 0. The minimum absolute atomic E-state index is 0. The van der Waals surface area contributed by atoms with Gasteiger partial charge in [-0.2, -0.15) is 0 Å². The highest BCUT2D eigenvalue weighted by Gasteiger charge is 2.38. The fourth-order valence-electron chi connectivity index (χ4n) is 3.25. The van der Waals surface area contributed by atoms with E-state index in [0.29, 0.717) is 18.0 Å². The average Bonchev–Trinajstić information content (AvgIpc) is 2.97. The van der Waals surface area contributed by atoms with E-state index in [1.54, 1.807) is 0 Å². The maximum Gasteiger partial charge on any atom is 0.240 e. The molecule has 0 saturated carbocycles. The highest BCUT2D eigenvalue weighted by molar-refractivity contribution is 7.99. The standard InChI is InChI=1S/C12H21N3OS.2ClH/c1-9-5-14-4-2-3-10(14)6-15(9)12(16)11-7-17-8-13-11;;/h9-11,13H,2-8H2,1H3;2*1H. The van der Waals surface area contributed by atoms with Crippen LogP contribution in [0.2, 0.25) is 0 Å². The van der Waals surface area contributed by atoms with E-state index >= 15 is 0 Å². The van der Waals surface area contributed by atoms with Crippen LogP contribution >= 0.6 is 36.6 Å². The molecular formula is C12H23Cl2N3OS. The number of amides is 1. The first-order valence-corrected chi connectivity index (χ1v) is 7.77. The Balaban J connectivity index is 0.000000902. The molecule has 0 aromatic rings. The van der Waals surface area contributed by atoms with E-state index in [2.05, 4.69) is 22.0 Å². The third-order valence-corrected chi connectivity index (χ3v) is 5.17. The molecule has 3 rings (SSSR count). The van der Waals surface area contributed by atoms with Crippen LogP contribution in [0.5, 0.6) is 0 Å². The van der Waals surface area contributed by atoms with Crippen LogP contribution in [0.25, 0.3) is 0 Å². The maximum atomic E-state index is 12.4. The van der Waals surface area contributed by atoms with Crippen molar-refractivity contribution in [3.63, 3.8) is 0 Å². The largest absolute Gasteiger partial charge is 0.336 e. The van der Waals surface area contributed by atoms with Gasteiger partial charge in [0.25, 0.3) is 0 Å². The molecule has 3 fully saturated rings. The monoisotopic (exact) mass is 327 g/mol. The number of nitrogens with zero attached hydrogens (tertiary/aromatic N) is 2. The Kier molecular flexibility index (Phi) is 6.73. The number of hydrogen-bond acceptors (Lipinski definition) is 4. The summed E-state index contributed by atoms with van der Waals surface area (Å²) in [5.74, 6) is 2.19.